The number of hydrogen-bond donors (Lipinski definition) is 1. The molecule has 1 saturated heterocycles. The molecule has 2 atom stereocenters. The molecule has 18 heavy (non-hydrogen) atoms. The molecule has 0 aromatic carbocycles. The predicted molar refractivity (Wildman–Crippen MR) is 76.6 cm³/mol. The molecule has 1 rings (SSSR count). The topological polar surface area (TPSA) is 32.3 Å². The van der Waals surface area contributed by atoms with Crippen LogP contribution in [0.4, 0.5) is 0 Å². The molecule has 106 valence electrons. The maximum Gasteiger partial charge on any atom is 0.227 e. The molecule has 1 aliphatic rings. The lowest BCUT2D eigenvalue weighted by atomic mass is 9.93. The number of hydrogen-bond acceptors (Lipinski definition) is 2. The molecule has 0 aromatic rings. The Morgan fingerprint density at radius 2 is 2.06 bits per heavy atom. The van der Waals surface area contributed by atoms with E-state index in [-0.39, 0.29) is 5.92 Å². The summed E-state index contributed by atoms with van der Waals surface area (Å²) in [5, 5.41) is 3.43. The molecule has 1 fully saturated rings. The normalized spacial score (nSPS) is 24.3. The van der Waals surface area contributed by atoms with Crippen LogP contribution in [0, 0.1) is 5.92 Å². The van der Waals surface area contributed by atoms with Gasteiger partial charge in [-0.05, 0) is 40.0 Å². The van der Waals surface area contributed by atoms with E-state index in [4.69, 9.17) is 0 Å². The van der Waals surface area contributed by atoms with Crippen LogP contribution in [0.2, 0.25) is 0 Å². The Labute approximate surface area is 112 Å². The van der Waals surface area contributed by atoms with Gasteiger partial charge in [0.15, 0.2) is 0 Å². The van der Waals surface area contributed by atoms with Gasteiger partial charge in [0.2, 0.25) is 5.91 Å². The van der Waals surface area contributed by atoms with Crippen molar-refractivity contribution in [3.63, 3.8) is 0 Å². The van der Waals surface area contributed by atoms with Crippen LogP contribution in [0.15, 0.2) is 0 Å². The lowest BCUT2D eigenvalue weighted by molar-refractivity contribution is -0.138. The van der Waals surface area contributed by atoms with Crippen LogP contribution in [0.25, 0.3) is 0 Å². The molecule has 1 amide bonds. The van der Waals surface area contributed by atoms with Crippen LogP contribution in [-0.2, 0) is 4.79 Å². The molecule has 0 radical (unpaired) electrons. The minimum atomic E-state index is 0.199. The molecule has 0 bridgehead atoms. The summed E-state index contributed by atoms with van der Waals surface area (Å²) >= 11 is 0. The van der Waals surface area contributed by atoms with Gasteiger partial charge in [-0.15, -0.1) is 0 Å². The second-order valence-corrected chi connectivity index (χ2v) is 5.92. The van der Waals surface area contributed by atoms with E-state index in [9.17, 15) is 4.79 Å². The lowest BCUT2D eigenvalue weighted by Crippen LogP contribution is -2.48. The van der Waals surface area contributed by atoms with E-state index in [0.29, 0.717) is 18.0 Å². The van der Waals surface area contributed by atoms with Gasteiger partial charge in [0, 0.05) is 25.2 Å². The molecule has 1 aliphatic heterocycles. The number of amides is 1. The first kappa shape index (κ1) is 15.5. The first-order chi connectivity index (χ1) is 8.56. The Bertz CT molecular complexity index is 245. The highest BCUT2D eigenvalue weighted by atomic mass is 16.2. The molecule has 1 heterocycles. The molecular formula is C15H30N2O. The van der Waals surface area contributed by atoms with Gasteiger partial charge in [0.05, 0.1) is 5.92 Å². The van der Waals surface area contributed by atoms with Gasteiger partial charge in [0.25, 0.3) is 0 Å². The average Bonchev–Trinajstić information content (AvgIpc) is 2.34. The maximum absolute atomic E-state index is 12.5. The molecule has 0 aliphatic carbocycles. The molecule has 0 spiro atoms. The van der Waals surface area contributed by atoms with E-state index in [1.165, 1.54) is 12.8 Å². The number of nitrogens with one attached hydrogen (secondary N) is 1. The van der Waals surface area contributed by atoms with Gasteiger partial charge >= 0.3 is 0 Å². The summed E-state index contributed by atoms with van der Waals surface area (Å²) in [7, 11) is 0. The van der Waals surface area contributed by atoms with E-state index in [2.05, 4.69) is 37.9 Å². The highest BCUT2D eigenvalue weighted by Crippen LogP contribution is 2.18. The summed E-state index contributed by atoms with van der Waals surface area (Å²) in [5.41, 5.74) is 0. The minimum absolute atomic E-state index is 0.199. The van der Waals surface area contributed by atoms with Crippen molar-refractivity contribution >= 4 is 5.91 Å². The van der Waals surface area contributed by atoms with Crippen molar-refractivity contribution in [2.24, 2.45) is 5.92 Å². The van der Waals surface area contributed by atoms with Crippen LogP contribution in [0.1, 0.15) is 59.8 Å². The third kappa shape index (κ3) is 4.60. The third-order valence-electron chi connectivity index (χ3n) is 3.92. The van der Waals surface area contributed by atoms with Crippen molar-refractivity contribution in [1.82, 2.24) is 10.2 Å². The predicted octanol–water partition coefficient (Wildman–Crippen LogP) is 2.80. The van der Waals surface area contributed by atoms with Gasteiger partial charge < -0.3 is 10.2 Å². The molecule has 0 saturated carbocycles. The fourth-order valence-electron chi connectivity index (χ4n) is 2.60. The zero-order valence-electron chi connectivity index (χ0n) is 12.5. The standard InChI is InChI=1S/C15H30N2O/c1-5-6-7-10-17(12(2)3)15(18)14-9-8-13(4)16-11-14/h12-14,16H,5-11H2,1-4H3. The summed E-state index contributed by atoms with van der Waals surface area (Å²) < 4.78 is 0. The van der Waals surface area contributed by atoms with Crippen LogP contribution in [-0.4, -0.2) is 36.0 Å². The van der Waals surface area contributed by atoms with Crippen molar-refractivity contribution < 1.29 is 4.79 Å². The zero-order valence-corrected chi connectivity index (χ0v) is 12.5. The van der Waals surface area contributed by atoms with Gasteiger partial charge in [-0.25, -0.2) is 0 Å². The van der Waals surface area contributed by atoms with Crippen LogP contribution in [0.3, 0.4) is 0 Å². The maximum atomic E-state index is 12.5. The Kier molecular flexibility index (Phi) is 6.69. The molecule has 3 nitrogen and oxygen atoms in total. The number of nitrogens with zero attached hydrogens (tertiary/aromatic N) is 1. The number of unbranched alkanes of at least 4 members (excludes halogenated alkanes) is 2. The Hall–Kier alpha value is -0.570. The SMILES string of the molecule is CCCCCN(C(=O)C1CCC(C)NC1)C(C)C. The van der Waals surface area contributed by atoms with Crippen molar-refractivity contribution in [2.45, 2.75) is 71.9 Å². The van der Waals surface area contributed by atoms with Crippen molar-refractivity contribution in [1.29, 1.82) is 0 Å². The fourth-order valence-corrected chi connectivity index (χ4v) is 2.60. The largest absolute Gasteiger partial charge is 0.340 e. The van der Waals surface area contributed by atoms with E-state index in [0.717, 1.165) is 32.4 Å². The summed E-state index contributed by atoms with van der Waals surface area (Å²) in [4.78, 5) is 14.6. The van der Waals surface area contributed by atoms with Gasteiger partial charge in [-0.3, -0.25) is 4.79 Å². The molecular weight excluding hydrogens is 224 g/mol. The quantitative estimate of drug-likeness (QED) is 0.739. The highest BCUT2D eigenvalue weighted by molar-refractivity contribution is 5.79. The smallest absolute Gasteiger partial charge is 0.227 e. The average molecular weight is 254 g/mol. The van der Waals surface area contributed by atoms with E-state index < -0.39 is 0 Å². The molecule has 3 heteroatoms. The highest BCUT2D eigenvalue weighted by Gasteiger charge is 2.28. The van der Waals surface area contributed by atoms with Crippen molar-refractivity contribution in [3.8, 4) is 0 Å². The van der Waals surface area contributed by atoms with E-state index >= 15 is 0 Å². The molecule has 1 N–H and O–H groups in total. The first-order valence-electron chi connectivity index (χ1n) is 7.60. The van der Waals surface area contributed by atoms with Crippen LogP contribution in [0.5, 0.6) is 0 Å². The number of piperidine rings is 1. The Balaban J connectivity index is 2.48. The zero-order chi connectivity index (χ0) is 13.5. The van der Waals surface area contributed by atoms with Crippen LogP contribution < -0.4 is 5.32 Å². The van der Waals surface area contributed by atoms with Crippen LogP contribution >= 0.6 is 0 Å². The second kappa shape index (κ2) is 7.78. The monoisotopic (exact) mass is 254 g/mol. The summed E-state index contributed by atoms with van der Waals surface area (Å²) in [5.74, 6) is 0.561. The summed E-state index contributed by atoms with van der Waals surface area (Å²) in [6.45, 7) is 10.4. The minimum Gasteiger partial charge on any atom is -0.340 e. The summed E-state index contributed by atoms with van der Waals surface area (Å²) in [6.07, 6.45) is 5.73. The first-order valence-corrected chi connectivity index (χ1v) is 7.60. The van der Waals surface area contributed by atoms with Crippen molar-refractivity contribution in [3.05, 3.63) is 0 Å². The lowest BCUT2D eigenvalue weighted by Gasteiger charge is -2.34. The van der Waals surface area contributed by atoms with E-state index in [1.54, 1.807) is 0 Å². The Morgan fingerprint density at radius 3 is 2.56 bits per heavy atom. The number of rotatable bonds is 6. The molecule has 2 unspecified atom stereocenters. The van der Waals surface area contributed by atoms with Gasteiger partial charge in [0.1, 0.15) is 0 Å². The van der Waals surface area contributed by atoms with Crippen molar-refractivity contribution in [2.75, 3.05) is 13.1 Å². The Morgan fingerprint density at radius 1 is 1.33 bits per heavy atom. The fraction of sp³-hybridized carbons (Fsp3) is 0.933. The molecule has 0 aromatic heterocycles. The van der Waals surface area contributed by atoms with Gasteiger partial charge in [-0.2, -0.15) is 0 Å². The number of carbonyl (C=O) groups is 1. The van der Waals surface area contributed by atoms with Gasteiger partial charge in [-0.1, -0.05) is 19.8 Å². The summed E-state index contributed by atoms with van der Waals surface area (Å²) in [6, 6.07) is 0.898. The van der Waals surface area contributed by atoms with E-state index in [1.807, 2.05) is 0 Å². The number of carbonyl (C=O) groups excluding carboxylic acids is 1. The second-order valence-electron chi connectivity index (χ2n) is 5.92. The third-order valence-corrected chi connectivity index (χ3v) is 3.92.